The highest BCUT2D eigenvalue weighted by Gasteiger charge is 2.39. The summed E-state index contributed by atoms with van der Waals surface area (Å²) in [4.78, 5) is 7.39. The van der Waals surface area contributed by atoms with E-state index < -0.39 is 0 Å². The molecule has 5 nitrogen and oxygen atoms in total. The van der Waals surface area contributed by atoms with E-state index in [9.17, 15) is 0 Å². The highest BCUT2D eigenvalue weighted by Crippen LogP contribution is 2.31. The first-order chi connectivity index (χ1) is 10.8. The van der Waals surface area contributed by atoms with E-state index in [0.29, 0.717) is 12.0 Å². The second-order valence-electron chi connectivity index (χ2n) is 7.21. The van der Waals surface area contributed by atoms with Gasteiger partial charge in [-0.1, -0.05) is 19.3 Å². The molecule has 2 aliphatic heterocycles. The maximum absolute atomic E-state index is 6.17. The van der Waals surface area contributed by atoms with E-state index in [1.165, 1.54) is 58.0 Å². The third-order valence-corrected chi connectivity index (χ3v) is 5.70. The molecule has 5 heteroatoms. The maximum atomic E-state index is 6.17. The first-order valence-corrected chi connectivity index (χ1v) is 9.18. The summed E-state index contributed by atoms with van der Waals surface area (Å²) < 4.78 is 5.59. The monoisotopic (exact) mass is 308 g/mol. The van der Waals surface area contributed by atoms with E-state index in [-0.39, 0.29) is 5.54 Å². The fourth-order valence-corrected chi connectivity index (χ4v) is 4.25. The van der Waals surface area contributed by atoms with Gasteiger partial charge in [-0.25, -0.2) is 0 Å². The average Bonchev–Trinajstić information content (AvgIpc) is 3.10. The highest BCUT2D eigenvalue weighted by atomic mass is 16.5. The Morgan fingerprint density at radius 2 is 1.77 bits per heavy atom. The van der Waals surface area contributed by atoms with Crippen LogP contribution < -0.4 is 11.1 Å². The standard InChI is InChI=1S/C17H32N4O/c18-16(20-15-6-2-1-3-7-15)19-14-17(8-12-22-13-9-17)21-10-4-5-11-21/h15H,1-14H2,(H3,18,19,20). The lowest BCUT2D eigenvalue weighted by Gasteiger charge is -2.43. The number of rotatable bonds is 4. The van der Waals surface area contributed by atoms with Crippen LogP contribution in [0.2, 0.25) is 0 Å². The van der Waals surface area contributed by atoms with Gasteiger partial charge in [0.25, 0.3) is 0 Å². The van der Waals surface area contributed by atoms with Crippen molar-refractivity contribution in [3.05, 3.63) is 0 Å². The van der Waals surface area contributed by atoms with Gasteiger partial charge in [0.15, 0.2) is 5.96 Å². The van der Waals surface area contributed by atoms with Gasteiger partial charge in [-0.15, -0.1) is 0 Å². The Kier molecular flexibility index (Phi) is 5.58. The van der Waals surface area contributed by atoms with Crippen molar-refractivity contribution in [1.29, 1.82) is 0 Å². The van der Waals surface area contributed by atoms with Crippen LogP contribution in [0.4, 0.5) is 0 Å². The molecule has 22 heavy (non-hydrogen) atoms. The van der Waals surface area contributed by atoms with Gasteiger partial charge in [0.05, 0.1) is 6.54 Å². The van der Waals surface area contributed by atoms with Crippen molar-refractivity contribution in [2.75, 3.05) is 32.8 Å². The molecule has 3 aliphatic rings. The zero-order chi connectivity index (χ0) is 15.3. The van der Waals surface area contributed by atoms with Crippen molar-refractivity contribution in [2.24, 2.45) is 10.7 Å². The zero-order valence-electron chi connectivity index (χ0n) is 13.9. The number of nitrogens with zero attached hydrogens (tertiary/aromatic N) is 2. The number of hydrogen-bond acceptors (Lipinski definition) is 3. The van der Waals surface area contributed by atoms with Crippen LogP contribution in [-0.2, 0) is 4.74 Å². The molecule has 0 aromatic rings. The van der Waals surface area contributed by atoms with E-state index in [2.05, 4.69) is 10.2 Å². The third-order valence-electron chi connectivity index (χ3n) is 5.70. The SMILES string of the molecule is NC(=NCC1(N2CCCC2)CCOCC1)NC1CCCCC1. The fraction of sp³-hybridized carbons (Fsp3) is 0.941. The minimum absolute atomic E-state index is 0.188. The van der Waals surface area contributed by atoms with Gasteiger partial charge in [0.2, 0.25) is 0 Å². The first kappa shape index (κ1) is 16.1. The van der Waals surface area contributed by atoms with Crippen LogP contribution in [0, 0.1) is 0 Å². The summed E-state index contributed by atoms with van der Waals surface area (Å²) in [6, 6.07) is 0.537. The molecule has 3 N–H and O–H groups in total. The van der Waals surface area contributed by atoms with Gasteiger partial charge >= 0.3 is 0 Å². The average molecular weight is 308 g/mol. The molecule has 0 amide bonds. The van der Waals surface area contributed by atoms with Crippen LogP contribution in [0.3, 0.4) is 0 Å². The molecule has 0 spiro atoms. The third kappa shape index (κ3) is 3.93. The molecule has 3 fully saturated rings. The summed E-state index contributed by atoms with van der Waals surface area (Å²) in [5, 5.41) is 3.44. The molecule has 0 unspecified atom stereocenters. The Morgan fingerprint density at radius 1 is 1.09 bits per heavy atom. The quantitative estimate of drug-likeness (QED) is 0.615. The predicted molar refractivity (Wildman–Crippen MR) is 90.1 cm³/mol. The van der Waals surface area contributed by atoms with Crippen molar-refractivity contribution in [3.63, 3.8) is 0 Å². The molecule has 0 atom stereocenters. The summed E-state index contributed by atoms with van der Waals surface area (Å²) in [5.74, 6) is 0.650. The van der Waals surface area contributed by atoms with Gasteiger partial charge in [0.1, 0.15) is 0 Å². The van der Waals surface area contributed by atoms with Gasteiger partial charge in [-0.3, -0.25) is 9.89 Å². The molecule has 2 heterocycles. The van der Waals surface area contributed by atoms with Crippen molar-refractivity contribution in [3.8, 4) is 0 Å². The van der Waals surface area contributed by atoms with Crippen LogP contribution in [0.5, 0.6) is 0 Å². The normalized spacial score (nSPS) is 27.9. The van der Waals surface area contributed by atoms with Gasteiger partial charge in [0, 0.05) is 24.8 Å². The smallest absolute Gasteiger partial charge is 0.188 e. The van der Waals surface area contributed by atoms with E-state index in [4.69, 9.17) is 15.5 Å². The number of nitrogens with one attached hydrogen (secondary N) is 1. The number of likely N-dealkylation sites (tertiary alicyclic amines) is 1. The molecule has 1 saturated carbocycles. The minimum Gasteiger partial charge on any atom is -0.381 e. The molecular formula is C17H32N4O. The van der Waals surface area contributed by atoms with E-state index >= 15 is 0 Å². The summed E-state index contributed by atoms with van der Waals surface area (Å²) >= 11 is 0. The van der Waals surface area contributed by atoms with E-state index in [1.807, 2.05) is 0 Å². The fourth-order valence-electron chi connectivity index (χ4n) is 4.25. The Hall–Kier alpha value is -0.810. The van der Waals surface area contributed by atoms with E-state index in [0.717, 1.165) is 32.6 Å². The molecule has 0 aromatic heterocycles. The summed E-state index contributed by atoms with van der Waals surface area (Å²) in [5.41, 5.74) is 6.36. The number of guanidine groups is 1. The Balaban J connectivity index is 1.58. The number of ether oxygens (including phenoxy) is 1. The van der Waals surface area contributed by atoms with Crippen molar-refractivity contribution >= 4 is 5.96 Å². The van der Waals surface area contributed by atoms with Crippen LogP contribution in [0.1, 0.15) is 57.8 Å². The minimum atomic E-state index is 0.188. The lowest BCUT2D eigenvalue weighted by molar-refractivity contribution is -0.0138. The van der Waals surface area contributed by atoms with Crippen molar-refractivity contribution in [1.82, 2.24) is 10.2 Å². The summed E-state index contributed by atoms with van der Waals surface area (Å²) in [6.45, 7) is 4.98. The molecular weight excluding hydrogens is 276 g/mol. The topological polar surface area (TPSA) is 62.9 Å². The first-order valence-electron chi connectivity index (χ1n) is 9.18. The molecule has 0 aromatic carbocycles. The molecule has 3 rings (SSSR count). The Morgan fingerprint density at radius 3 is 2.45 bits per heavy atom. The summed E-state index contributed by atoms with van der Waals surface area (Å²) in [7, 11) is 0. The van der Waals surface area contributed by atoms with Gasteiger partial charge in [-0.05, 0) is 51.6 Å². The zero-order valence-corrected chi connectivity index (χ0v) is 13.9. The second-order valence-corrected chi connectivity index (χ2v) is 7.21. The lowest BCUT2D eigenvalue weighted by atomic mass is 9.88. The molecule has 0 radical (unpaired) electrons. The summed E-state index contributed by atoms with van der Waals surface area (Å²) in [6.07, 6.45) is 11.3. The highest BCUT2D eigenvalue weighted by molar-refractivity contribution is 5.78. The molecule has 126 valence electrons. The second kappa shape index (κ2) is 7.64. The van der Waals surface area contributed by atoms with Crippen molar-refractivity contribution < 1.29 is 4.74 Å². The molecule has 0 bridgehead atoms. The number of hydrogen-bond donors (Lipinski definition) is 2. The number of aliphatic imine (C=N–C) groups is 1. The van der Waals surface area contributed by atoms with Crippen LogP contribution in [-0.4, -0.2) is 55.3 Å². The maximum Gasteiger partial charge on any atom is 0.188 e. The van der Waals surface area contributed by atoms with E-state index in [1.54, 1.807) is 0 Å². The van der Waals surface area contributed by atoms with Gasteiger partial charge < -0.3 is 15.8 Å². The van der Waals surface area contributed by atoms with Crippen molar-refractivity contribution in [2.45, 2.75) is 69.4 Å². The van der Waals surface area contributed by atoms with Crippen LogP contribution >= 0.6 is 0 Å². The molecule has 1 aliphatic carbocycles. The predicted octanol–water partition coefficient (Wildman–Crippen LogP) is 1.87. The lowest BCUT2D eigenvalue weighted by Crippen LogP contribution is -2.54. The van der Waals surface area contributed by atoms with Gasteiger partial charge in [-0.2, -0.15) is 0 Å². The van der Waals surface area contributed by atoms with Crippen LogP contribution in [0.15, 0.2) is 4.99 Å². The largest absolute Gasteiger partial charge is 0.381 e. The molecule has 2 saturated heterocycles. The van der Waals surface area contributed by atoms with Crippen LogP contribution in [0.25, 0.3) is 0 Å². The Bertz CT molecular complexity index is 367. The number of nitrogens with two attached hydrogens (primary N) is 1. The Labute approximate surface area is 134 Å².